The number of primary amides is 2. The monoisotopic (exact) mass is 348 g/mol. The summed E-state index contributed by atoms with van der Waals surface area (Å²) in [6.45, 7) is 3.96. The predicted octanol–water partition coefficient (Wildman–Crippen LogP) is 2.64. The molecule has 1 aromatic heterocycles. The van der Waals surface area contributed by atoms with E-state index in [4.69, 9.17) is 27.8 Å². The van der Waals surface area contributed by atoms with Crippen LogP contribution >= 0.6 is 11.6 Å². The van der Waals surface area contributed by atoms with Gasteiger partial charge < -0.3 is 21.2 Å². The Morgan fingerprint density at radius 1 is 1.29 bits per heavy atom. The molecule has 1 aromatic carbocycles. The number of amides is 3. The first-order chi connectivity index (χ1) is 11.2. The molecule has 0 saturated carbocycles. The zero-order valence-electron chi connectivity index (χ0n) is 13.2. The molecule has 1 aliphatic rings. The number of carbonyl (C=O) groups is 2. The summed E-state index contributed by atoms with van der Waals surface area (Å²) >= 11 is 6.21. The van der Waals surface area contributed by atoms with Crippen molar-refractivity contribution in [3.63, 3.8) is 0 Å². The van der Waals surface area contributed by atoms with Crippen LogP contribution in [0.2, 0.25) is 5.02 Å². The summed E-state index contributed by atoms with van der Waals surface area (Å²) in [5, 5.41) is 2.90. The minimum absolute atomic E-state index is 0.120. The van der Waals surface area contributed by atoms with E-state index in [-0.39, 0.29) is 17.0 Å². The Balaban J connectivity index is 2.14. The number of benzene rings is 1. The molecule has 0 bridgehead atoms. The number of hydrogen-bond donors (Lipinski definition) is 4. The molecule has 0 fully saturated rings. The van der Waals surface area contributed by atoms with Gasteiger partial charge in [0.05, 0.1) is 11.3 Å². The fraction of sp³-hybridized carbons (Fsp3) is 0.250. The lowest BCUT2D eigenvalue weighted by Gasteiger charge is -2.18. The first kappa shape index (κ1) is 16.2. The van der Waals surface area contributed by atoms with E-state index in [2.05, 4.69) is 10.3 Å². The Morgan fingerprint density at radius 2 is 2.00 bits per heavy atom. The number of urea groups is 1. The van der Waals surface area contributed by atoms with Crippen LogP contribution in [0.4, 0.5) is 10.6 Å². The van der Waals surface area contributed by atoms with Gasteiger partial charge in [-0.1, -0.05) is 11.6 Å². The normalized spacial score (nSPS) is 14.8. The van der Waals surface area contributed by atoms with Crippen LogP contribution in [0, 0.1) is 0 Å². The number of ether oxygens (including phenoxy) is 1. The summed E-state index contributed by atoms with van der Waals surface area (Å²) in [4.78, 5) is 25.7. The van der Waals surface area contributed by atoms with E-state index in [0.717, 1.165) is 5.56 Å². The molecule has 0 saturated heterocycles. The molecule has 1 aliphatic heterocycles. The van der Waals surface area contributed by atoms with Crippen molar-refractivity contribution in [3.05, 3.63) is 34.3 Å². The number of halogens is 1. The molecular weight excluding hydrogens is 332 g/mol. The highest BCUT2D eigenvalue weighted by molar-refractivity contribution is 6.31. The molecule has 0 aliphatic carbocycles. The smallest absolute Gasteiger partial charge is 0.317 e. The summed E-state index contributed by atoms with van der Waals surface area (Å²) in [6.07, 6.45) is 0.714. The number of nitrogens with two attached hydrogens (primary N) is 2. The minimum atomic E-state index is -0.806. The maximum atomic E-state index is 11.6. The van der Waals surface area contributed by atoms with Crippen molar-refractivity contribution in [1.29, 1.82) is 0 Å². The molecule has 24 heavy (non-hydrogen) atoms. The fourth-order valence-electron chi connectivity index (χ4n) is 2.89. The van der Waals surface area contributed by atoms with Gasteiger partial charge in [-0.3, -0.25) is 10.1 Å². The quantitative estimate of drug-likeness (QED) is 0.681. The number of nitrogens with one attached hydrogen (secondary N) is 2. The second-order valence-electron chi connectivity index (χ2n) is 6.31. The van der Waals surface area contributed by atoms with Crippen molar-refractivity contribution in [1.82, 2.24) is 4.98 Å². The highest BCUT2D eigenvalue weighted by atomic mass is 35.5. The molecule has 0 spiro atoms. The third kappa shape index (κ3) is 2.90. The van der Waals surface area contributed by atoms with Crippen molar-refractivity contribution in [2.24, 2.45) is 11.5 Å². The van der Waals surface area contributed by atoms with Crippen molar-refractivity contribution >= 4 is 29.4 Å². The van der Waals surface area contributed by atoms with Crippen molar-refractivity contribution < 1.29 is 14.3 Å². The summed E-state index contributed by atoms with van der Waals surface area (Å²) in [7, 11) is 0. The molecule has 7 nitrogen and oxygen atoms in total. The van der Waals surface area contributed by atoms with Gasteiger partial charge in [0, 0.05) is 22.6 Å². The molecule has 2 heterocycles. The van der Waals surface area contributed by atoms with Crippen LogP contribution in [0.15, 0.2) is 18.2 Å². The maximum absolute atomic E-state index is 11.6. The molecule has 0 atom stereocenters. The van der Waals surface area contributed by atoms with E-state index in [0.29, 0.717) is 28.5 Å². The Labute approximate surface area is 143 Å². The van der Waals surface area contributed by atoms with Gasteiger partial charge in [0.1, 0.15) is 17.2 Å². The molecule has 2 aromatic rings. The minimum Gasteiger partial charge on any atom is -0.487 e. The highest BCUT2D eigenvalue weighted by Crippen LogP contribution is 2.44. The molecule has 6 N–H and O–H groups in total. The van der Waals surface area contributed by atoms with Crippen LogP contribution in [-0.4, -0.2) is 22.5 Å². The van der Waals surface area contributed by atoms with E-state index in [9.17, 15) is 9.59 Å². The number of carbonyl (C=O) groups excluding carboxylic acids is 2. The maximum Gasteiger partial charge on any atom is 0.317 e. The second-order valence-corrected chi connectivity index (χ2v) is 6.74. The Kier molecular flexibility index (Phi) is 3.68. The van der Waals surface area contributed by atoms with Crippen LogP contribution in [0.25, 0.3) is 11.3 Å². The van der Waals surface area contributed by atoms with E-state index in [1.54, 1.807) is 6.07 Å². The third-order valence-corrected chi connectivity index (χ3v) is 3.96. The van der Waals surface area contributed by atoms with Gasteiger partial charge in [-0.15, -0.1) is 0 Å². The number of H-pyrrole nitrogens is 1. The summed E-state index contributed by atoms with van der Waals surface area (Å²) in [6, 6.07) is 4.32. The Morgan fingerprint density at radius 3 is 2.62 bits per heavy atom. The van der Waals surface area contributed by atoms with Gasteiger partial charge in [-0.2, -0.15) is 0 Å². The van der Waals surface area contributed by atoms with Gasteiger partial charge in [0.25, 0.3) is 5.91 Å². The van der Waals surface area contributed by atoms with E-state index in [1.807, 2.05) is 19.9 Å². The number of rotatable bonds is 3. The van der Waals surface area contributed by atoms with Crippen molar-refractivity contribution in [2.45, 2.75) is 25.9 Å². The highest BCUT2D eigenvalue weighted by Gasteiger charge is 2.33. The standard InChI is InChI=1S/C16H17ClN4O3/c1-16(2)6-7-3-8(17)4-9(12(7)24-16)11-5-10(13(18)22)14(20-11)21-15(19)23/h3-5,20H,6H2,1-2H3,(H2,18,22)(H3,19,21,23). The van der Waals surface area contributed by atoms with E-state index in [1.165, 1.54) is 6.07 Å². The van der Waals surface area contributed by atoms with Crippen LogP contribution in [0.3, 0.4) is 0 Å². The lowest BCUT2D eigenvalue weighted by Crippen LogP contribution is -2.24. The fourth-order valence-corrected chi connectivity index (χ4v) is 3.13. The largest absolute Gasteiger partial charge is 0.487 e. The summed E-state index contributed by atoms with van der Waals surface area (Å²) in [5.41, 5.74) is 12.5. The number of aromatic nitrogens is 1. The first-order valence-corrected chi connectivity index (χ1v) is 7.65. The Hall–Kier alpha value is -2.67. The van der Waals surface area contributed by atoms with Gasteiger partial charge in [-0.05, 0) is 32.0 Å². The molecule has 3 rings (SSSR count). The number of aromatic amines is 1. The predicted molar refractivity (Wildman–Crippen MR) is 91.4 cm³/mol. The van der Waals surface area contributed by atoms with E-state index < -0.39 is 11.9 Å². The number of anilines is 1. The van der Waals surface area contributed by atoms with Crippen LogP contribution in [0.1, 0.15) is 29.8 Å². The SMILES string of the molecule is CC1(C)Cc2cc(Cl)cc(-c3cc(C(N)=O)c(NC(N)=O)[nH]3)c2O1. The van der Waals surface area contributed by atoms with Gasteiger partial charge in [0.15, 0.2) is 0 Å². The first-order valence-electron chi connectivity index (χ1n) is 7.27. The molecule has 0 radical (unpaired) electrons. The number of hydrogen-bond acceptors (Lipinski definition) is 3. The zero-order chi connectivity index (χ0) is 17.6. The van der Waals surface area contributed by atoms with Crippen molar-refractivity contribution in [3.8, 4) is 17.0 Å². The zero-order valence-corrected chi connectivity index (χ0v) is 14.0. The number of fused-ring (bicyclic) bond motifs is 1. The Bertz CT molecular complexity index is 857. The second kappa shape index (κ2) is 5.45. The lowest BCUT2D eigenvalue weighted by molar-refractivity contribution is 0.100. The average molecular weight is 349 g/mol. The third-order valence-electron chi connectivity index (χ3n) is 3.75. The van der Waals surface area contributed by atoms with Gasteiger partial charge in [0.2, 0.25) is 0 Å². The van der Waals surface area contributed by atoms with E-state index >= 15 is 0 Å². The molecule has 126 valence electrons. The molecule has 0 unspecified atom stereocenters. The molecule has 8 heteroatoms. The van der Waals surface area contributed by atoms with Crippen LogP contribution in [0.5, 0.6) is 5.75 Å². The summed E-state index contributed by atoms with van der Waals surface area (Å²) < 4.78 is 6.02. The average Bonchev–Trinajstić information content (AvgIpc) is 2.96. The van der Waals surface area contributed by atoms with Gasteiger partial charge in [-0.25, -0.2) is 4.79 Å². The van der Waals surface area contributed by atoms with Gasteiger partial charge >= 0.3 is 6.03 Å². The topological polar surface area (TPSA) is 123 Å². The van der Waals surface area contributed by atoms with Crippen LogP contribution < -0.4 is 21.5 Å². The summed E-state index contributed by atoms with van der Waals surface area (Å²) in [5.74, 6) is 0.129. The van der Waals surface area contributed by atoms with Crippen molar-refractivity contribution in [2.75, 3.05) is 5.32 Å². The van der Waals surface area contributed by atoms with Crippen LogP contribution in [-0.2, 0) is 6.42 Å². The lowest BCUT2D eigenvalue weighted by atomic mass is 9.99. The molecule has 3 amide bonds. The molecular formula is C16H17ClN4O3.